The predicted molar refractivity (Wildman–Crippen MR) is 95.4 cm³/mol. The largest absolute Gasteiger partial charge is 0.511 e. The smallest absolute Gasteiger partial charge is 0.173 e. The molecular weight excluding hydrogens is 351 g/mol. The number of ketones is 1. The number of allylic oxidation sites excluding steroid dienone is 2. The van der Waals surface area contributed by atoms with Crippen molar-refractivity contribution >= 4 is 40.7 Å². The topological polar surface area (TPSA) is 37.3 Å². The van der Waals surface area contributed by atoms with Crippen LogP contribution in [0.4, 0.5) is 0 Å². The predicted octanol–water partition coefficient (Wildman–Crippen LogP) is 6.00. The van der Waals surface area contributed by atoms with Crippen LogP contribution in [0.15, 0.2) is 64.1 Å². The number of aliphatic hydroxyl groups is 1. The minimum absolute atomic E-state index is 0.0241. The zero-order chi connectivity index (χ0) is 16.4. The molecule has 2 nitrogen and oxygen atoms in total. The van der Waals surface area contributed by atoms with Gasteiger partial charge in [0.2, 0.25) is 0 Å². The molecule has 0 bridgehead atoms. The van der Waals surface area contributed by atoms with Crippen LogP contribution < -0.4 is 0 Å². The molecule has 1 aliphatic carbocycles. The number of carbonyl (C=O) groups excluding carboxylic acids is 1. The number of hydrogen-bond donors (Lipinski definition) is 1. The lowest BCUT2D eigenvalue weighted by Gasteiger charge is -2.23. The summed E-state index contributed by atoms with van der Waals surface area (Å²) >= 11 is 13.2. The summed E-state index contributed by atoms with van der Waals surface area (Å²) in [6.45, 7) is 0. The van der Waals surface area contributed by atoms with Crippen LogP contribution in [0.5, 0.6) is 0 Å². The third-order valence-corrected chi connectivity index (χ3v) is 5.29. The highest BCUT2D eigenvalue weighted by atomic mass is 35.5. The van der Waals surface area contributed by atoms with Crippen LogP contribution in [-0.4, -0.2) is 10.9 Å². The van der Waals surface area contributed by atoms with E-state index in [4.69, 9.17) is 23.2 Å². The summed E-state index contributed by atoms with van der Waals surface area (Å²) in [7, 11) is 0. The van der Waals surface area contributed by atoms with Gasteiger partial charge in [0, 0.05) is 27.8 Å². The monoisotopic (exact) mass is 364 g/mol. The molecule has 5 heteroatoms. The molecule has 1 aliphatic rings. The molecule has 0 spiro atoms. The first kappa shape index (κ1) is 16.4. The SMILES string of the molecule is O=C1CC(c2ccccc2)CC(O)=C1Sc1cc(Cl)cc(Cl)c1. The van der Waals surface area contributed by atoms with Crippen molar-refractivity contribution in [1.29, 1.82) is 0 Å². The fourth-order valence-electron chi connectivity index (χ4n) is 2.66. The van der Waals surface area contributed by atoms with Gasteiger partial charge in [-0.1, -0.05) is 65.3 Å². The highest BCUT2D eigenvalue weighted by Gasteiger charge is 2.29. The van der Waals surface area contributed by atoms with Crippen LogP contribution >= 0.6 is 35.0 Å². The van der Waals surface area contributed by atoms with Gasteiger partial charge in [0.15, 0.2) is 5.78 Å². The molecule has 2 aromatic carbocycles. The highest BCUT2D eigenvalue weighted by Crippen LogP contribution is 2.41. The van der Waals surface area contributed by atoms with E-state index >= 15 is 0 Å². The van der Waals surface area contributed by atoms with Crippen molar-refractivity contribution < 1.29 is 9.90 Å². The van der Waals surface area contributed by atoms with Crippen molar-refractivity contribution in [3.8, 4) is 0 Å². The number of thioether (sulfide) groups is 1. The van der Waals surface area contributed by atoms with E-state index in [1.165, 1.54) is 11.8 Å². The Morgan fingerprint density at radius 3 is 2.26 bits per heavy atom. The first-order chi connectivity index (χ1) is 11.0. The summed E-state index contributed by atoms with van der Waals surface area (Å²) in [6, 6.07) is 14.9. The van der Waals surface area contributed by atoms with Gasteiger partial charge in [-0.05, 0) is 29.7 Å². The Hall–Kier alpha value is -1.42. The van der Waals surface area contributed by atoms with Crippen molar-refractivity contribution in [2.24, 2.45) is 0 Å². The second-order valence-electron chi connectivity index (χ2n) is 5.42. The number of hydrogen-bond acceptors (Lipinski definition) is 3. The van der Waals surface area contributed by atoms with E-state index in [2.05, 4.69) is 0 Å². The van der Waals surface area contributed by atoms with Gasteiger partial charge in [-0.15, -0.1) is 0 Å². The second-order valence-corrected chi connectivity index (χ2v) is 7.38. The van der Waals surface area contributed by atoms with Crippen molar-refractivity contribution in [3.05, 3.63) is 74.8 Å². The molecule has 118 valence electrons. The summed E-state index contributed by atoms with van der Waals surface area (Å²) in [5.41, 5.74) is 1.07. The normalized spacial score (nSPS) is 18.3. The van der Waals surface area contributed by atoms with Crippen LogP contribution in [0.3, 0.4) is 0 Å². The number of carbonyl (C=O) groups is 1. The molecule has 0 aliphatic heterocycles. The maximum atomic E-state index is 12.5. The molecule has 0 fully saturated rings. The van der Waals surface area contributed by atoms with Gasteiger partial charge >= 0.3 is 0 Å². The highest BCUT2D eigenvalue weighted by molar-refractivity contribution is 8.04. The molecule has 0 saturated heterocycles. The standard InChI is InChI=1S/C18H14Cl2O2S/c19-13-8-14(20)10-15(9-13)23-18-16(21)6-12(7-17(18)22)11-4-2-1-3-5-11/h1-5,8-10,12,21H,6-7H2. The second kappa shape index (κ2) is 7.00. The number of aliphatic hydroxyl groups excluding tert-OH is 1. The third-order valence-electron chi connectivity index (χ3n) is 3.71. The van der Waals surface area contributed by atoms with Gasteiger partial charge in [0.1, 0.15) is 5.76 Å². The first-order valence-electron chi connectivity index (χ1n) is 7.17. The van der Waals surface area contributed by atoms with Crippen LogP contribution in [0.2, 0.25) is 10.0 Å². The van der Waals surface area contributed by atoms with Gasteiger partial charge in [-0.3, -0.25) is 4.79 Å². The summed E-state index contributed by atoms with van der Waals surface area (Å²) < 4.78 is 0. The molecule has 2 aromatic rings. The molecular formula is C18H14Cl2O2S. The first-order valence-corrected chi connectivity index (χ1v) is 8.74. The number of benzene rings is 2. The van der Waals surface area contributed by atoms with Gasteiger partial charge < -0.3 is 5.11 Å². The summed E-state index contributed by atoms with van der Waals surface area (Å²) in [4.78, 5) is 13.6. The van der Waals surface area contributed by atoms with E-state index in [0.29, 0.717) is 27.8 Å². The van der Waals surface area contributed by atoms with Gasteiger partial charge in [0.05, 0.1) is 4.91 Å². The molecule has 1 atom stereocenters. The van der Waals surface area contributed by atoms with Crippen molar-refractivity contribution in [3.63, 3.8) is 0 Å². The van der Waals surface area contributed by atoms with Gasteiger partial charge in [-0.2, -0.15) is 0 Å². The fourth-order valence-corrected chi connectivity index (χ4v) is 4.32. The minimum Gasteiger partial charge on any atom is -0.511 e. The Bertz CT molecular complexity index is 752. The van der Waals surface area contributed by atoms with Gasteiger partial charge in [-0.25, -0.2) is 0 Å². The van der Waals surface area contributed by atoms with E-state index in [-0.39, 0.29) is 17.5 Å². The molecule has 0 aromatic heterocycles. The summed E-state index contributed by atoms with van der Waals surface area (Å²) in [5.74, 6) is 0.107. The number of rotatable bonds is 3. The summed E-state index contributed by atoms with van der Waals surface area (Å²) in [6.07, 6.45) is 0.858. The minimum atomic E-state index is -0.0521. The zero-order valence-electron chi connectivity index (χ0n) is 12.1. The van der Waals surface area contributed by atoms with E-state index in [1.807, 2.05) is 30.3 Å². The van der Waals surface area contributed by atoms with E-state index in [9.17, 15) is 9.90 Å². The Morgan fingerprint density at radius 1 is 1.00 bits per heavy atom. The maximum absolute atomic E-state index is 12.5. The maximum Gasteiger partial charge on any atom is 0.173 e. The molecule has 0 amide bonds. The average molecular weight is 365 g/mol. The van der Waals surface area contributed by atoms with Crippen LogP contribution in [0, 0.1) is 0 Å². The lowest BCUT2D eigenvalue weighted by atomic mass is 9.86. The molecule has 0 saturated carbocycles. The molecule has 0 heterocycles. The van der Waals surface area contributed by atoms with Crippen molar-refractivity contribution in [2.45, 2.75) is 23.7 Å². The van der Waals surface area contributed by atoms with E-state index < -0.39 is 0 Å². The van der Waals surface area contributed by atoms with E-state index in [1.54, 1.807) is 18.2 Å². The Balaban J connectivity index is 1.84. The lowest BCUT2D eigenvalue weighted by molar-refractivity contribution is -0.115. The Kier molecular flexibility index (Phi) is 5.00. The zero-order valence-corrected chi connectivity index (χ0v) is 14.5. The Morgan fingerprint density at radius 2 is 1.65 bits per heavy atom. The molecule has 1 unspecified atom stereocenters. The van der Waals surface area contributed by atoms with Crippen molar-refractivity contribution in [1.82, 2.24) is 0 Å². The molecule has 1 N–H and O–H groups in total. The average Bonchev–Trinajstić information content (AvgIpc) is 2.50. The van der Waals surface area contributed by atoms with Crippen LogP contribution in [0.25, 0.3) is 0 Å². The van der Waals surface area contributed by atoms with Crippen molar-refractivity contribution in [2.75, 3.05) is 0 Å². The molecule has 0 radical (unpaired) electrons. The molecule has 3 rings (SSSR count). The third kappa shape index (κ3) is 3.92. The lowest BCUT2D eigenvalue weighted by Crippen LogP contribution is -2.17. The summed E-state index contributed by atoms with van der Waals surface area (Å²) in [5, 5.41) is 11.4. The Labute approximate surface area is 149 Å². The number of halogens is 2. The van der Waals surface area contributed by atoms with E-state index in [0.717, 1.165) is 10.5 Å². The quantitative estimate of drug-likeness (QED) is 0.725. The number of Topliss-reactive ketones (excluding diaryl/α,β-unsaturated/α-hetero) is 1. The van der Waals surface area contributed by atoms with Gasteiger partial charge in [0.25, 0.3) is 0 Å². The molecule has 23 heavy (non-hydrogen) atoms. The van der Waals surface area contributed by atoms with Crippen LogP contribution in [0.1, 0.15) is 24.3 Å². The van der Waals surface area contributed by atoms with Crippen LogP contribution in [-0.2, 0) is 4.79 Å². The fraction of sp³-hybridized carbons (Fsp3) is 0.167.